The molecule has 12 aromatic rings. The van der Waals surface area contributed by atoms with E-state index in [2.05, 4.69) is 0 Å². The summed E-state index contributed by atoms with van der Waals surface area (Å²) in [5.41, 5.74) is -8.31. The van der Waals surface area contributed by atoms with E-state index in [1.165, 1.54) is 231 Å². The minimum absolute atomic E-state index is 0.399. The van der Waals surface area contributed by atoms with Crippen molar-refractivity contribution >= 4 is 71.6 Å². The SMILES string of the molecule is CCC(OC(=O)c1ccccc1)C(OC(=O)c1ccccc1)(OC(=O)c1ccccc1)C(OC(=O)c1ccccc1)(OC(=O)c1ccccc1)C(OC(=O)c1ccccc1)(OC(=O)c1ccccc1)C(OC(=O)c1ccccc1)(OC(=O)c1ccccc1)C(OC(=O)c1ccccc1)(OC(=O)c1ccccc1)OC(=O)c1ccccc1. The fourth-order valence-electron chi connectivity index (χ4n) is 11.9. The van der Waals surface area contributed by atoms with Gasteiger partial charge < -0.3 is 56.8 Å². The molecule has 12 aromatic carbocycles. The lowest BCUT2D eigenvalue weighted by atomic mass is 9.81. The number of esters is 12. The zero-order valence-electron chi connectivity index (χ0n) is 61.2. The molecule has 0 saturated heterocycles. The molecule has 0 amide bonds. The van der Waals surface area contributed by atoms with Crippen molar-refractivity contribution in [1.82, 2.24) is 0 Å². The van der Waals surface area contributed by atoms with Crippen LogP contribution in [-0.2, 0) is 56.8 Å². The van der Waals surface area contributed by atoms with Gasteiger partial charge in [-0.25, -0.2) is 57.5 Å². The highest BCUT2D eigenvalue weighted by Gasteiger charge is 2.98. The Labute approximate surface area is 662 Å². The first-order chi connectivity index (χ1) is 56.3. The molecule has 578 valence electrons. The fraction of sp³-hybridized carbons (Fsp3) is 0.0870. The van der Waals surface area contributed by atoms with Crippen molar-refractivity contribution in [3.05, 3.63) is 431 Å². The second-order valence-electron chi connectivity index (χ2n) is 25.1. The van der Waals surface area contributed by atoms with E-state index in [0.717, 1.165) is 140 Å². The standard InChI is InChI=1S/C92H66O24/c1-2-75(105-76(93)63-39-15-3-16-40-63)88(106-77(94)64-41-17-4-18-42-64,107-78(95)65-43-19-5-20-44-65)89(108-79(96)66-45-21-6-22-46-66,109-80(97)67-47-23-7-24-48-67)90(110-81(98)68-49-25-8-26-50-68,111-82(99)69-51-27-9-28-52-69)91(112-83(100)70-53-29-10-30-54-70,113-84(101)71-55-31-11-32-56-71)92(114-85(102)72-57-33-12-34-58-72,115-86(103)73-59-35-13-36-60-73)116-87(104)74-61-37-14-38-62-74/h3-62,75H,2H2,1H3. The Morgan fingerprint density at radius 2 is 0.336 bits per heavy atom. The van der Waals surface area contributed by atoms with Crippen LogP contribution in [-0.4, -0.2) is 107 Å². The lowest BCUT2D eigenvalue weighted by Gasteiger charge is -2.57. The van der Waals surface area contributed by atoms with Gasteiger partial charge in [0.1, 0.15) is 0 Å². The Kier molecular flexibility index (Phi) is 25.1. The van der Waals surface area contributed by atoms with Crippen LogP contribution in [0.4, 0.5) is 0 Å². The van der Waals surface area contributed by atoms with E-state index >= 15 is 57.5 Å². The zero-order valence-corrected chi connectivity index (χ0v) is 61.2. The summed E-state index contributed by atoms with van der Waals surface area (Å²) in [6, 6.07) is 72.7. The third-order valence-electron chi connectivity index (χ3n) is 17.5. The molecule has 0 aliphatic heterocycles. The second-order valence-corrected chi connectivity index (χ2v) is 25.1. The van der Waals surface area contributed by atoms with Crippen LogP contribution >= 0.6 is 0 Å². The third kappa shape index (κ3) is 17.4. The highest BCUT2D eigenvalue weighted by atomic mass is 17.0. The summed E-state index contributed by atoms with van der Waals surface area (Å²) in [5, 5.41) is 0. The summed E-state index contributed by atoms with van der Waals surface area (Å²) in [6.07, 6.45) is -4.17. The van der Waals surface area contributed by atoms with E-state index in [0.29, 0.717) is 0 Å². The van der Waals surface area contributed by atoms with Crippen molar-refractivity contribution in [3.63, 3.8) is 0 Å². The van der Waals surface area contributed by atoms with Crippen molar-refractivity contribution in [1.29, 1.82) is 0 Å². The molecule has 0 aliphatic carbocycles. The van der Waals surface area contributed by atoms with Crippen LogP contribution in [0.2, 0.25) is 0 Å². The van der Waals surface area contributed by atoms with E-state index in [1.54, 1.807) is 0 Å². The molecule has 0 N–H and O–H groups in total. The van der Waals surface area contributed by atoms with E-state index in [4.69, 9.17) is 56.8 Å². The molecule has 12 rings (SSSR count). The quantitative estimate of drug-likeness (QED) is 0.0229. The number of carbonyl (C=O) groups excluding carboxylic acids is 12. The molecule has 1 unspecified atom stereocenters. The summed E-state index contributed by atoms with van der Waals surface area (Å²) in [5.74, 6) is -50.2. The molecule has 0 bridgehead atoms. The van der Waals surface area contributed by atoms with Crippen molar-refractivity contribution in [2.45, 2.75) is 48.6 Å². The van der Waals surface area contributed by atoms with Crippen molar-refractivity contribution in [3.8, 4) is 0 Å². The van der Waals surface area contributed by atoms with Gasteiger partial charge >= 0.3 is 101 Å². The summed E-state index contributed by atoms with van der Waals surface area (Å²) in [7, 11) is 0. The summed E-state index contributed by atoms with van der Waals surface area (Å²) in [4.78, 5) is 203. The van der Waals surface area contributed by atoms with Crippen LogP contribution in [0.15, 0.2) is 364 Å². The molecule has 116 heavy (non-hydrogen) atoms. The van der Waals surface area contributed by atoms with Crippen LogP contribution < -0.4 is 0 Å². The van der Waals surface area contributed by atoms with Crippen LogP contribution in [0.5, 0.6) is 0 Å². The zero-order chi connectivity index (χ0) is 81.6. The lowest BCUT2D eigenvalue weighted by Crippen LogP contribution is -2.89. The van der Waals surface area contributed by atoms with Gasteiger partial charge in [-0.2, -0.15) is 0 Å². The molecule has 0 aliphatic rings. The predicted molar refractivity (Wildman–Crippen MR) is 410 cm³/mol. The number of benzene rings is 12. The van der Waals surface area contributed by atoms with Crippen LogP contribution in [0, 0.1) is 0 Å². The van der Waals surface area contributed by atoms with Crippen molar-refractivity contribution in [2.24, 2.45) is 0 Å². The Balaban J connectivity index is 1.47. The van der Waals surface area contributed by atoms with Gasteiger partial charge in [-0.15, -0.1) is 0 Å². The van der Waals surface area contributed by atoms with Gasteiger partial charge in [-0.3, -0.25) is 0 Å². The van der Waals surface area contributed by atoms with Gasteiger partial charge in [0.15, 0.2) is 6.10 Å². The molecular weight excluding hydrogens is 1490 g/mol. The van der Waals surface area contributed by atoms with Gasteiger partial charge in [0, 0.05) is 0 Å². The topological polar surface area (TPSA) is 316 Å². The van der Waals surface area contributed by atoms with Gasteiger partial charge in [0.05, 0.1) is 66.8 Å². The maximum atomic E-state index is 17.4. The second kappa shape index (κ2) is 36.4. The number of carbonyl (C=O) groups is 12. The fourth-order valence-corrected chi connectivity index (χ4v) is 11.9. The normalized spacial score (nSPS) is 11.6. The molecule has 0 aromatic heterocycles. The monoisotopic (exact) mass is 1550 g/mol. The number of hydrogen-bond acceptors (Lipinski definition) is 24. The van der Waals surface area contributed by atoms with E-state index in [1.807, 2.05) is 0 Å². The predicted octanol–water partition coefficient (Wildman–Crippen LogP) is 15.5. The summed E-state index contributed by atoms with van der Waals surface area (Å²) < 4.78 is 83.1. The highest BCUT2D eigenvalue weighted by Crippen LogP contribution is 2.60. The third-order valence-corrected chi connectivity index (χ3v) is 17.5. The Bertz CT molecular complexity index is 5120. The van der Waals surface area contributed by atoms with Gasteiger partial charge in [0.25, 0.3) is 0 Å². The van der Waals surface area contributed by atoms with Gasteiger partial charge in [-0.05, 0) is 152 Å². The maximum Gasteiger partial charge on any atom is 0.516 e. The Hall–Kier alpha value is -15.7. The largest absolute Gasteiger partial charge is 0.516 e. The molecule has 0 radical (unpaired) electrons. The number of ether oxygens (including phenoxy) is 12. The Morgan fingerprint density at radius 3 is 0.517 bits per heavy atom. The minimum atomic E-state index is -5.67. The minimum Gasteiger partial charge on any atom is -0.450 e. The molecular formula is C92H66O24. The Morgan fingerprint density at radius 1 is 0.190 bits per heavy atom. The first-order valence-electron chi connectivity index (χ1n) is 35.7. The van der Waals surface area contributed by atoms with Crippen molar-refractivity contribution in [2.75, 3.05) is 0 Å². The lowest BCUT2D eigenvalue weighted by molar-refractivity contribution is -0.545. The number of hydrogen-bond donors (Lipinski definition) is 0. The van der Waals surface area contributed by atoms with Crippen LogP contribution in [0.3, 0.4) is 0 Å². The smallest absolute Gasteiger partial charge is 0.450 e. The van der Waals surface area contributed by atoms with Crippen LogP contribution in [0.1, 0.15) is 138 Å². The molecule has 0 heterocycles. The molecule has 24 heteroatoms. The van der Waals surface area contributed by atoms with Crippen molar-refractivity contribution < 1.29 is 114 Å². The first-order valence-corrected chi connectivity index (χ1v) is 35.7. The average Bonchev–Trinajstić information content (AvgIpc) is 0.662. The van der Waals surface area contributed by atoms with Gasteiger partial charge in [0.2, 0.25) is 0 Å². The van der Waals surface area contributed by atoms with E-state index < -0.39 is 180 Å². The molecule has 24 nitrogen and oxygen atoms in total. The van der Waals surface area contributed by atoms with Gasteiger partial charge in [-0.1, -0.05) is 225 Å². The molecule has 0 saturated carbocycles. The molecule has 0 fully saturated rings. The van der Waals surface area contributed by atoms with E-state index in [9.17, 15) is 0 Å². The average molecular weight is 1560 g/mol. The molecule has 0 spiro atoms. The summed E-state index contributed by atoms with van der Waals surface area (Å²) >= 11 is 0. The first kappa shape index (κ1) is 79.8. The van der Waals surface area contributed by atoms with Crippen LogP contribution in [0.25, 0.3) is 0 Å². The number of rotatable bonds is 30. The highest BCUT2D eigenvalue weighted by molar-refractivity contribution is 5.99. The van der Waals surface area contributed by atoms with E-state index in [-0.39, 0.29) is 0 Å². The maximum absolute atomic E-state index is 17.4. The molecule has 1 atom stereocenters. The summed E-state index contributed by atoms with van der Waals surface area (Å²) in [6.45, 7) is 1.15.